The molecule has 0 nitrogen and oxygen atoms in total. The highest BCUT2D eigenvalue weighted by Gasteiger charge is 2.22. The molecule has 0 saturated heterocycles. The van der Waals surface area contributed by atoms with E-state index in [-0.39, 0.29) is 0 Å². The molecule has 0 aliphatic heterocycles. The van der Waals surface area contributed by atoms with E-state index < -0.39 is 0 Å². The summed E-state index contributed by atoms with van der Waals surface area (Å²) in [6.07, 6.45) is 25.7. The quantitative estimate of drug-likeness (QED) is 0.247. The zero-order valence-electron chi connectivity index (χ0n) is 23.7. The summed E-state index contributed by atoms with van der Waals surface area (Å²) in [5, 5.41) is 0. The summed E-state index contributed by atoms with van der Waals surface area (Å²) in [5.74, 6) is 3.84. The van der Waals surface area contributed by atoms with Crippen molar-refractivity contribution in [3.8, 4) is 11.1 Å². The lowest BCUT2D eigenvalue weighted by atomic mass is 9.77. The first-order valence-electron chi connectivity index (χ1n) is 15.9. The second-order valence-electron chi connectivity index (χ2n) is 12.5. The van der Waals surface area contributed by atoms with Gasteiger partial charge in [-0.15, -0.1) is 0 Å². The lowest BCUT2D eigenvalue weighted by molar-refractivity contribution is 0.245. The summed E-state index contributed by atoms with van der Waals surface area (Å²) in [6, 6.07) is 19.0. The minimum absolute atomic E-state index is 0.787. The average Bonchev–Trinajstić information content (AvgIpc) is 2.93. The molecule has 0 N–H and O–H groups in total. The van der Waals surface area contributed by atoms with Crippen LogP contribution in [0.15, 0.2) is 48.5 Å². The Labute approximate surface area is 223 Å². The molecule has 198 valence electrons. The van der Waals surface area contributed by atoms with Crippen LogP contribution in [0.4, 0.5) is 0 Å². The van der Waals surface area contributed by atoms with Crippen molar-refractivity contribution >= 4 is 0 Å². The molecule has 0 heteroatoms. The molecule has 0 spiro atoms. The number of rotatable bonds is 13. The van der Waals surface area contributed by atoms with E-state index in [0.29, 0.717) is 0 Å². The summed E-state index contributed by atoms with van der Waals surface area (Å²) in [5.41, 5.74) is 5.82. The topological polar surface area (TPSA) is 0 Å². The Morgan fingerprint density at radius 1 is 0.500 bits per heavy atom. The molecule has 0 radical (unpaired) electrons. The summed E-state index contributed by atoms with van der Waals surface area (Å²) < 4.78 is 0. The molecule has 36 heavy (non-hydrogen) atoms. The normalized spacial score (nSPS) is 24.6. The van der Waals surface area contributed by atoms with Crippen LogP contribution in [-0.2, 0) is 6.42 Å². The molecule has 2 fully saturated rings. The second-order valence-corrected chi connectivity index (χ2v) is 12.5. The van der Waals surface area contributed by atoms with E-state index in [1.807, 2.05) is 0 Å². The lowest BCUT2D eigenvalue weighted by Gasteiger charge is -2.28. The van der Waals surface area contributed by atoms with Crippen molar-refractivity contribution < 1.29 is 0 Å². The number of hydrogen-bond donors (Lipinski definition) is 0. The SMILES string of the molecule is CCCCC[C@H]1CC[C@H](CCCCc2ccc(-c3ccc([C@H]4CC[C@H](CCC)CC4)cc3)cc2)CC1. The van der Waals surface area contributed by atoms with Crippen LogP contribution in [-0.4, -0.2) is 0 Å². The minimum Gasteiger partial charge on any atom is -0.0654 e. The summed E-state index contributed by atoms with van der Waals surface area (Å²) >= 11 is 0. The summed E-state index contributed by atoms with van der Waals surface area (Å²) in [6.45, 7) is 4.65. The molecular weight excluding hydrogens is 432 g/mol. The van der Waals surface area contributed by atoms with Gasteiger partial charge in [-0.2, -0.15) is 0 Å². The number of aryl methyl sites for hydroxylation is 1. The van der Waals surface area contributed by atoms with E-state index >= 15 is 0 Å². The molecule has 0 amide bonds. The maximum Gasteiger partial charge on any atom is -0.0162 e. The maximum absolute atomic E-state index is 2.41. The minimum atomic E-state index is 0.787. The van der Waals surface area contributed by atoms with Gasteiger partial charge in [0.1, 0.15) is 0 Å². The maximum atomic E-state index is 2.41. The van der Waals surface area contributed by atoms with Crippen LogP contribution in [0.25, 0.3) is 11.1 Å². The predicted molar refractivity (Wildman–Crippen MR) is 159 cm³/mol. The first-order chi connectivity index (χ1) is 17.7. The Morgan fingerprint density at radius 3 is 1.56 bits per heavy atom. The largest absolute Gasteiger partial charge is 0.0654 e. The second kappa shape index (κ2) is 15.0. The molecule has 0 unspecified atom stereocenters. The van der Waals surface area contributed by atoms with Gasteiger partial charge in [0.2, 0.25) is 0 Å². The van der Waals surface area contributed by atoms with Crippen LogP contribution in [0.3, 0.4) is 0 Å². The highest BCUT2D eigenvalue weighted by Crippen LogP contribution is 2.38. The predicted octanol–water partition coefficient (Wildman–Crippen LogP) is 11.5. The van der Waals surface area contributed by atoms with E-state index in [2.05, 4.69) is 62.4 Å². The zero-order chi connectivity index (χ0) is 25.0. The fourth-order valence-corrected chi connectivity index (χ4v) is 7.26. The van der Waals surface area contributed by atoms with Gasteiger partial charge in [-0.25, -0.2) is 0 Å². The van der Waals surface area contributed by atoms with Crippen molar-refractivity contribution in [3.05, 3.63) is 59.7 Å². The zero-order valence-corrected chi connectivity index (χ0v) is 23.7. The molecule has 2 aliphatic rings. The number of unbranched alkanes of at least 4 members (excludes halogenated alkanes) is 3. The number of benzene rings is 2. The summed E-state index contributed by atoms with van der Waals surface area (Å²) in [4.78, 5) is 0. The third kappa shape index (κ3) is 8.49. The van der Waals surface area contributed by atoms with Gasteiger partial charge in [-0.1, -0.05) is 139 Å². The highest BCUT2D eigenvalue weighted by molar-refractivity contribution is 5.64. The Balaban J connectivity index is 1.14. The molecule has 2 saturated carbocycles. The Bertz CT molecular complexity index is 829. The summed E-state index contributed by atoms with van der Waals surface area (Å²) in [7, 11) is 0. The molecule has 4 rings (SSSR count). The third-order valence-electron chi connectivity index (χ3n) is 9.72. The first kappa shape index (κ1) is 27.5. The third-order valence-corrected chi connectivity index (χ3v) is 9.72. The molecule has 0 heterocycles. The highest BCUT2D eigenvalue weighted by atomic mass is 14.3. The van der Waals surface area contributed by atoms with Gasteiger partial charge < -0.3 is 0 Å². The monoisotopic (exact) mass is 486 g/mol. The smallest absolute Gasteiger partial charge is 0.0162 e. The Morgan fingerprint density at radius 2 is 1.00 bits per heavy atom. The van der Waals surface area contributed by atoms with Crippen LogP contribution in [0.1, 0.15) is 140 Å². The van der Waals surface area contributed by atoms with Gasteiger partial charge in [-0.3, -0.25) is 0 Å². The van der Waals surface area contributed by atoms with Crippen molar-refractivity contribution in [1.82, 2.24) is 0 Å². The van der Waals surface area contributed by atoms with Crippen molar-refractivity contribution in [3.63, 3.8) is 0 Å². The van der Waals surface area contributed by atoms with Crippen molar-refractivity contribution in [2.24, 2.45) is 17.8 Å². The van der Waals surface area contributed by atoms with Gasteiger partial charge >= 0.3 is 0 Å². The lowest BCUT2D eigenvalue weighted by Crippen LogP contribution is -2.14. The van der Waals surface area contributed by atoms with Gasteiger partial charge in [-0.05, 0) is 84.5 Å². The van der Waals surface area contributed by atoms with Crippen LogP contribution < -0.4 is 0 Å². The van der Waals surface area contributed by atoms with Gasteiger partial charge in [0, 0.05) is 0 Å². The van der Waals surface area contributed by atoms with Crippen molar-refractivity contribution in [2.75, 3.05) is 0 Å². The van der Waals surface area contributed by atoms with E-state index in [1.54, 1.807) is 5.56 Å². The van der Waals surface area contributed by atoms with Crippen molar-refractivity contribution in [2.45, 2.75) is 135 Å². The fraction of sp³-hybridized carbons (Fsp3) is 0.667. The molecule has 2 aromatic rings. The molecule has 0 aromatic heterocycles. The van der Waals surface area contributed by atoms with Crippen LogP contribution in [0.2, 0.25) is 0 Å². The standard InChI is InChI=1S/C36H54/c1-3-5-6-10-30-13-15-31(16-14-30)11-7-8-12-32-19-23-34(24-20-32)36-27-25-35(26-28-36)33-21-17-29(9-4-2)18-22-33/h19-20,23-31,33H,3-18,21-22H2,1-2H3/t29-,30-,31-,33-. The van der Waals surface area contributed by atoms with Crippen molar-refractivity contribution in [1.29, 1.82) is 0 Å². The van der Waals surface area contributed by atoms with E-state index in [4.69, 9.17) is 0 Å². The van der Waals surface area contributed by atoms with Crippen LogP contribution in [0, 0.1) is 17.8 Å². The van der Waals surface area contributed by atoms with Crippen LogP contribution >= 0.6 is 0 Å². The Kier molecular flexibility index (Phi) is 11.4. The van der Waals surface area contributed by atoms with Crippen LogP contribution in [0.5, 0.6) is 0 Å². The van der Waals surface area contributed by atoms with E-state index in [0.717, 1.165) is 23.7 Å². The number of hydrogen-bond acceptors (Lipinski definition) is 0. The average molecular weight is 487 g/mol. The van der Waals surface area contributed by atoms with E-state index in [9.17, 15) is 0 Å². The Hall–Kier alpha value is -1.56. The molecule has 0 atom stereocenters. The molecular formula is C36H54. The molecule has 0 bridgehead atoms. The van der Waals surface area contributed by atoms with E-state index in [1.165, 1.54) is 132 Å². The molecule has 2 aliphatic carbocycles. The first-order valence-corrected chi connectivity index (χ1v) is 15.9. The van der Waals surface area contributed by atoms with Gasteiger partial charge in [0.05, 0.1) is 0 Å². The molecule has 2 aromatic carbocycles. The van der Waals surface area contributed by atoms with Gasteiger partial charge in [0.15, 0.2) is 0 Å². The van der Waals surface area contributed by atoms with Gasteiger partial charge in [0.25, 0.3) is 0 Å². The fourth-order valence-electron chi connectivity index (χ4n) is 7.26.